The number of nitrogens with two attached hydrogens (primary N) is 1. The van der Waals surface area contributed by atoms with Crippen LogP contribution in [0, 0.1) is 10.1 Å². The minimum atomic E-state index is -0.507. The maximum absolute atomic E-state index is 10.8. The van der Waals surface area contributed by atoms with Gasteiger partial charge in [-0.05, 0) is 22.0 Å². The Kier molecular flexibility index (Phi) is 3.99. The molecule has 0 saturated carbocycles. The van der Waals surface area contributed by atoms with Gasteiger partial charge in [0.05, 0.1) is 15.5 Å². The summed E-state index contributed by atoms with van der Waals surface area (Å²) in [6.07, 6.45) is 0. The van der Waals surface area contributed by atoms with E-state index < -0.39 is 4.92 Å². The second-order valence-corrected chi connectivity index (χ2v) is 4.53. The van der Waals surface area contributed by atoms with E-state index in [0.717, 1.165) is 0 Å². The number of aromatic nitrogens is 2. The number of anilines is 2. The van der Waals surface area contributed by atoms with Crippen molar-refractivity contribution in [3.8, 4) is 11.6 Å². The number of halogens is 1. The van der Waals surface area contributed by atoms with Crippen molar-refractivity contribution in [3.63, 3.8) is 0 Å². The van der Waals surface area contributed by atoms with Gasteiger partial charge in [0.2, 0.25) is 11.8 Å². The lowest BCUT2D eigenvalue weighted by atomic mass is 10.3. The van der Waals surface area contributed by atoms with Crippen molar-refractivity contribution < 1.29 is 9.66 Å². The fraction of sp³-hybridized carbons (Fsp3) is 0.0909. The van der Waals surface area contributed by atoms with Crippen molar-refractivity contribution in [2.24, 2.45) is 0 Å². The van der Waals surface area contributed by atoms with E-state index >= 15 is 0 Å². The third-order valence-corrected chi connectivity index (χ3v) is 2.97. The number of nitro groups is 1. The van der Waals surface area contributed by atoms with E-state index in [9.17, 15) is 10.1 Å². The highest BCUT2D eigenvalue weighted by Crippen LogP contribution is 2.32. The van der Waals surface area contributed by atoms with Gasteiger partial charge in [-0.2, -0.15) is 9.97 Å². The summed E-state index contributed by atoms with van der Waals surface area (Å²) in [7, 11) is 1.68. The molecule has 0 fully saturated rings. The summed E-state index contributed by atoms with van der Waals surface area (Å²) >= 11 is 3.25. The fourth-order valence-electron chi connectivity index (χ4n) is 1.42. The lowest BCUT2D eigenvalue weighted by Gasteiger charge is -2.08. The highest BCUT2D eigenvalue weighted by molar-refractivity contribution is 9.10. The summed E-state index contributed by atoms with van der Waals surface area (Å²) in [6.45, 7) is 0. The van der Waals surface area contributed by atoms with Gasteiger partial charge in [-0.25, -0.2) is 0 Å². The van der Waals surface area contributed by atoms with Crippen molar-refractivity contribution in [2.75, 3.05) is 18.1 Å². The molecule has 0 saturated heterocycles. The molecule has 104 valence electrons. The lowest BCUT2D eigenvalue weighted by Crippen LogP contribution is -2.01. The molecule has 0 aliphatic rings. The number of benzene rings is 1. The third kappa shape index (κ3) is 3.12. The number of nitrogens with one attached hydrogen (secondary N) is 1. The molecule has 0 radical (unpaired) electrons. The zero-order valence-electron chi connectivity index (χ0n) is 10.3. The molecule has 2 aromatic rings. The number of rotatable bonds is 4. The molecule has 1 heterocycles. The average Bonchev–Trinajstić information content (AvgIpc) is 2.40. The van der Waals surface area contributed by atoms with Crippen LogP contribution in [-0.4, -0.2) is 21.9 Å². The van der Waals surface area contributed by atoms with Gasteiger partial charge in [-0.15, -0.1) is 0 Å². The van der Waals surface area contributed by atoms with Gasteiger partial charge in [0.15, 0.2) is 5.75 Å². The Hall–Kier alpha value is -2.42. The van der Waals surface area contributed by atoms with Crippen LogP contribution in [0.1, 0.15) is 0 Å². The molecule has 20 heavy (non-hydrogen) atoms. The molecular formula is C11H10BrN5O3. The minimum absolute atomic E-state index is 0.0356. The first-order valence-electron chi connectivity index (χ1n) is 5.43. The van der Waals surface area contributed by atoms with Crippen LogP contribution >= 0.6 is 15.9 Å². The molecule has 0 unspecified atom stereocenters. The quantitative estimate of drug-likeness (QED) is 0.649. The first-order valence-corrected chi connectivity index (χ1v) is 6.23. The van der Waals surface area contributed by atoms with Crippen LogP contribution < -0.4 is 15.8 Å². The molecule has 0 aliphatic heterocycles. The Morgan fingerprint density at radius 1 is 1.40 bits per heavy atom. The first-order chi connectivity index (χ1) is 9.49. The number of non-ortho nitro benzene ring substituents is 1. The Morgan fingerprint density at radius 3 is 2.80 bits per heavy atom. The molecule has 0 spiro atoms. The molecule has 1 aromatic heterocycles. The SMILES string of the molecule is CNc1cc(Oc2cc([N+](=O)[O-])ccc2Br)nc(N)n1. The molecule has 0 bridgehead atoms. The molecule has 3 N–H and O–H groups in total. The molecule has 0 atom stereocenters. The number of ether oxygens (including phenoxy) is 1. The summed E-state index contributed by atoms with van der Waals surface area (Å²) in [5.41, 5.74) is 5.46. The zero-order valence-corrected chi connectivity index (χ0v) is 11.9. The number of nitro benzene ring substituents is 1. The van der Waals surface area contributed by atoms with E-state index in [1.165, 1.54) is 24.3 Å². The summed E-state index contributed by atoms with van der Waals surface area (Å²) in [6, 6.07) is 5.71. The minimum Gasteiger partial charge on any atom is -0.437 e. The Labute approximate surface area is 122 Å². The van der Waals surface area contributed by atoms with Crippen molar-refractivity contribution in [1.29, 1.82) is 0 Å². The predicted octanol–water partition coefficient (Wildman–Crippen LogP) is 2.56. The smallest absolute Gasteiger partial charge is 0.273 e. The van der Waals surface area contributed by atoms with E-state index in [4.69, 9.17) is 10.5 Å². The van der Waals surface area contributed by atoms with Gasteiger partial charge in [-0.1, -0.05) is 0 Å². The van der Waals surface area contributed by atoms with Crippen molar-refractivity contribution >= 4 is 33.4 Å². The standard InChI is InChI=1S/C11H10BrN5O3/c1-14-9-5-10(16-11(13)15-9)20-8-4-6(17(18)19)2-3-7(8)12/h2-5H,1H3,(H3,13,14,15,16). The Bertz CT molecular complexity index is 665. The van der Waals surface area contributed by atoms with Crippen LogP contribution in [0.25, 0.3) is 0 Å². The number of hydrogen-bond acceptors (Lipinski definition) is 7. The van der Waals surface area contributed by atoms with Crippen molar-refractivity contribution in [2.45, 2.75) is 0 Å². The Balaban J connectivity index is 2.36. The average molecular weight is 340 g/mol. The van der Waals surface area contributed by atoms with Crippen LogP contribution in [0.4, 0.5) is 17.5 Å². The second-order valence-electron chi connectivity index (χ2n) is 3.67. The topological polar surface area (TPSA) is 116 Å². The van der Waals surface area contributed by atoms with E-state index in [1.807, 2.05) is 0 Å². The second kappa shape index (κ2) is 5.70. The molecule has 1 aromatic carbocycles. The summed E-state index contributed by atoms with van der Waals surface area (Å²) < 4.78 is 6.06. The molecule has 2 rings (SSSR count). The third-order valence-electron chi connectivity index (χ3n) is 2.32. The summed E-state index contributed by atoms with van der Waals surface area (Å²) in [5, 5.41) is 13.6. The van der Waals surface area contributed by atoms with Gasteiger partial charge in [0.25, 0.3) is 5.69 Å². The van der Waals surface area contributed by atoms with E-state index in [2.05, 4.69) is 31.2 Å². The van der Waals surface area contributed by atoms with E-state index in [1.54, 1.807) is 7.05 Å². The van der Waals surface area contributed by atoms with Crippen LogP contribution in [0.2, 0.25) is 0 Å². The van der Waals surface area contributed by atoms with Crippen LogP contribution in [0.5, 0.6) is 11.6 Å². The van der Waals surface area contributed by atoms with Crippen LogP contribution in [0.3, 0.4) is 0 Å². The van der Waals surface area contributed by atoms with Crippen LogP contribution in [-0.2, 0) is 0 Å². The van der Waals surface area contributed by atoms with Gasteiger partial charge < -0.3 is 15.8 Å². The monoisotopic (exact) mass is 339 g/mol. The predicted molar refractivity (Wildman–Crippen MR) is 76.9 cm³/mol. The van der Waals surface area contributed by atoms with Crippen LogP contribution in [0.15, 0.2) is 28.7 Å². The summed E-state index contributed by atoms with van der Waals surface area (Å²) in [5.74, 6) is 0.963. The highest BCUT2D eigenvalue weighted by atomic mass is 79.9. The summed E-state index contributed by atoms with van der Waals surface area (Å²) in [4.78, 5) is 18.1. The maximum atomic E-state index is 10.8. The first kappa shape index (κ1) is 14.0. The lowest BCUT2D eigenvalue weighted by molar-refractivity contribution is -0.384. The van der Waals surface area contributed by atoms with E-state index in [-0.39, 0.29) is 23.3 Å². The molecule has 9 heteroatoms. The van der Waals surface area contributed by atoms with Gasteiger partial charge >= 0.3 is 0 Å². The number of nitrogen functional groups attached to an aromatic ring is 1. The van der Waals surface area contributed by atoms with Crippen molar-refractivity contribution in [3.05, 3.63) is 38.9 Å². The molecular weight excluding hydrogens is 330 g/mol. The molecule has 0 aliphatic carbocycles. The van der Waals surface area contributed by atoms with Gasteiger partial charge in [0, 0.05) is 19.2 Å². The largest absolute Gasteiger partial charge is 0.437 e. The highest BCUT2D eigenvalue weighted by Gasteiger charge is 2.12. The van der Waals surface area contributed by atoms with E-state index in [0.29, 0.717) is 10.3 Å². The van der Waals surface area contributed by atoms with Gasteiger partial charge in [0.1, 0.15) is 5.82 Å². The van der Waals surface area contributed by atoms with Crippen molar-refractivity contribution in [1.82, 2.24) is 9.97 Å². The number of nitrogens with zero attached hydrogens (tertiary/aromatic N) is 3. The Morgan fingerprint density at radius 2 is 2.15 bits per heavy atom. The molecule has 8 nitrogen and oxygen atoms in total. The maximum Gasteiger partial charge on any atom is 0.273 e. The molecule has 0 amide bonds. The number of hydrogen-bond donors (Lipinski definition) is 2. The van der Waals surface area contributed by atoms with Gasteiger partial charge in [-0.3, -0.25) is 10.1 Å². The zero-order chi connectivity index (χ0) is 14.7. The fourth-order valence-corrected chi connectivity index (χ4v) is 1.75. The normalized spacial score (nSPS) is 10.1.